The number of aliphatic imine (C=N–C) groups is 1. The molecule has 0 atom stereocenters. The van der Waals surface area contributed by atoms with Crippen LogP contribution in [0.15, 0.2) is 30.0 Å². The van der Waals surface area contributed by atoms with E-state index in [0.717, 1.165) is 0 Å². The van der Waals surface area contributed by atoms with Gasteiger partial charge in [-0.2, -0.15) is 0 Å². The fourth-order valence-corrected chi connectivity index (χ4v) is 0.589. The minimum absolute atomic E-state index is 0.306. The van der Waals surface area contributed by atoms with Gasteiger partial charge in [0.1, 0.15) is 5.84 Å². The summed E-state index contributed by atoms with van der Waals surface area (Å²) in [5.74, 6) is 0.306. The fourth-order valence-electron chi connectivity index (χ4n) is 0.589. The third kappa shape index (κ3) is 3.35. The van der Waals surface area contributed by atoms with Crippen molar-refractivity contribution in [2.45, 2.75) is 6.92 Å². The van der Waals surface area contributed by atoms with E-state index in [0.29, 0.717) is 5.84 Å². The van der Waals surface area contributed by atoms with Crippen molar-refractivity contribution < 1.29 is 0 Å². The Labute approximate surface area is 67.3 Å². The largest absolute Gasteiger partial charge is 0.309 e. The molecule has 0 aliphatic carbocycles. The minimum atomic E-state index is 0.306. The number of rotatable bonds is 3. The van der Waals surface area contributed by atoms with Crippen molar-refractivity contribution in [2.75, 3.05) is 7.05 Å². The van der Waals surface area contributed by atoms with Crippen LogP contribution in [0.4, 0.5) is 0 Å². The van der Waals surface area contributed by atoms with Gasteiger partial charge in [-0.1, -0.05) is 12.7 Å². The second kappa shape index (κ2) is 5.41. The standard InChI is InChI=1S/C8H13N3/c1-4-6-11(5-2)8(9)7-10-3/h4-7,9H,2H2,1,3H3. The molecule has 0 unspecified atom stereocenters. The SMILES string of the molecule is C=CN(C=CC)C(=N)C=NC. The van der Waals surface area contributed by atoms with Crippen molar-refractivity contribution in [1.29, 1.82) is 5.41 Å². The Kier molecular flexibility index (Phi) is 4.73. The van der Waals surface area contributed by atoms with E-state index in [2.05, 4.69) is 11.6 Å². The van der Waals surface area contributed by atoms with E-state index in [-0.39, 0.29) is 0 Å². The quantitative estimate of drug-likeness (QED) is 0.483. The fraction of sp³-hybridized carbons (Fsp3) is 0.250. The van der Waals surface area contributed by atoms with Gasteiger partial charge in [0.2, 0.25) is 0 Å². The van der Waals surface area contributed by atoms with E-state index < -0.39 is 0 Å². The lowest BCUT2D eigenvalue weighted by Crippen LogP contribution is -2.19. The normalized spacial score (nSPS) is 10.7. The summed E-state index contributed by atoms with van der Waals surface area (Å²) in [6.07, 6.45) is 6.60. The van der Waals surface area contributed by atoms with E-state index >= 15 is 0 Å². The van der Waals surface area contributed by atoms with Gasteiger partial charge in [0, 0.05) is 19.4 Å². The molecule has 0 saturated heterocycles. The topological polar surface area (TPSA) is 39.5 Å². The molecule has 0 bridgehead atoms. The molecule has 0 aliphatic rings. The van der Waals surface area contributed by atoms with Crippen molar-refractivity contribution in [1.82, 2.24) is 4.90 Å². The maximum absolute atomic E-state index is 7.40. The van der Waals surface area contributed by atoms with Crippen molar-refractivity contribution in [3.8, 4) is 0 Å². The van der Waals surface area contributed by atoms with Gasteiger partial charge >= 0.3 is 0 Å². The van der Waals surface area contributed by atoms with Crippen molar-refractivity contribution in [3.05, 3.63) is 25.1 Å². The zero-order valence-corrected chi connectivity index (χ0v) is 6.91. The van der Waals surface area contributed by atoms with Gasteiger partial charge in [-0.05, 0) is 6.92 Å². The first-order chi connectivity index (χ1) is 5.26. The minimum Gasteiger partial charge on any atom is -0.309 e. The lowest BCUT2D eigenvalue weighted by Gasteiger charge is -2.11. The second-order valence-corrected chi connectivity index (χ2v) is 1.84. The van der Waals surface area contributed by atoms with Gasteiger partial charge in [-0.3, -0.25) is 10.4 Å². The molecule has 0 saturated carbocycles. The van der Waals surface area contributed by atoms with E-state index in [4.69, 9.17) is 5.41 Å². The Morgan fingerprint density at radius 3 is 2.64 bits per heavy atom. The lowest BCUT2D eigenvalue weighted by atomic mass is 10.5. The van der Waals surface area contributed by atoms with Crippen LogP contribution in [-0.4, -0.2) is 24.0 Å². The third-order valence-electron chi connectivity index (χ3n) is 1.04. The highest BCUT2D eigenvalue weighted by atomic mass is 15.1. The molecule has 0 aromatic rings. The molecule has 0 heterocycles. The molecule has 0 radical (unpaired) electrons. The number of hydrogen-bond donors (Lipinski definition) is 1. The second-order valence-electron chi connectivity index (χ2n) is 1.84. The Morgan fingerprint density at radius 2 is 2.27 bits per heavy atom. The van der Waals surface area contributed by atoms with Crippen LogP contribution in [0.1, 0.15) is 6.92 Å². The summed E-state index contributed by atoms with van der Waals surface area (Å²) in [5, 5.41) is 7.40. The molecule has 60 valence electrons. The highest BCUT2D eigenvalue weighted by Crippen LogP contribution is 1.90. The first-order valence-corrected chi connectivity index (χ1v) is 3.30. The number of allylic oxidation sites excluding steroid dienone is 1. The predicted octanol–water partition coefficient (Wildman–Crippen LogP) is 1.64. The summed E-state index contributed by atoms with van der Waals surface area (Å²) in [6.45, 7) is 5.44. The summed E-state index contributed by atoms with van der Waals surface area (Å²) in [7, 11) is 1.63. The Hall–Kier alpha value is -1.38. The van der Waals surface area contributed by atoms with Crippen LogP contribution in [-0.2, 0) is 0 Å². The van der Waals surface area contributed by atoms with Crippen LogP contribution in [0, 0.1) is 5.41 Å². The van der Waals surface area contributed by atoms with E-state index in [1.165, 1.54) is 6.21 Å². The molecule has 0 rings (SSSR count). The zero-order valence-electron chi connectivity index (χ0n) is 6.91. The van der Waals surface area contributed by atoms with E-state index in [1.807, 2.05) is 13.0 Å². The maximum atomic E-state index is 7.40. The van der Waals surface area contributed by atoms with Crippen LogP contribution in [0.5, 0.6) is 0 Å². The molecule has 0 spiro atoms. The van der Waals surface area contributed by atoms with Crippen LogP contribution < -0.4 is 0 Å². The Bertz CT molecular complexity index is 192. The number of amidine groups is 1. The molecule has 0 amide bonds. The molecule has 0 aliphatic heterocycles. The molecule has 3 nitrogen and oxygen atoms in total. The molecule has 0 fully saturated rings. The molecular formula is C8H13N3. The number of nitrogens with one attached hydrogen (secondary N) is 1. The highest BCUT2D eigenvalue weighted by molar-refractivity contribution is 6.28. The molecule has 0 aromatic heterocycles. The molecule has 0 aromatic carbocycles. The number of nitrogens with zero attached hydrogens (tertiary/aromatic N) is 2. The average molecular weight is 151 g/mol. The molecule has 11 heavy (non-hydrogen) atoms. The van der Waals surface area contributed by atoms with E-state index in [9.17, 15) is 0 Å². The Balaban J connectivity index is 4.25. The first-order valence-electron chi connectivity index (χ1n) is 3.30. The Morgan fingerprint density at radius 1 is 1.64 bits per heavy atom. The van der Waals surface area contributed by atoms with Crippen LogP contribution >= 0.6 is 0 Å². The van der Waals surface area contributed by atoms with Gasteiger partial charge in [0.05, 0.1) is 6.21 Å². The first kappa shape index (κ1) is 9.62. The van der Waals surface area contributed by atoms with Crippen molar-refractivity contribution in [2.24, 2.45) is 4.99 Å². The summed E-state index contributed by atoms with van der Waals surface area (Å²) in [5.41, 5.74) is 0. The zero-order chi connectivity index (χ0) is 8.69. The third-order valence-corrected chi connectivity index (χ3v) is 1.04. The van der Waals surface area contributed by atoms with Gasteiger partial charge in [-0.15, -0.1) is 0 Å². The van der Waals surface area contributed by atoms with Gasteiger partial charge < -0.3 is 4.90 Å². The van der Waals surface area contributed by atoms with Gasteiger partial charge in [0.15, 0.2) is 0 Å². The van der Waals surface area contributed by atoms with E-state index in [1.54, 1.807) is 24.3 Å². The molecule has 1 N–H and O–H groups in total. The van der Waals surface area contributed by atoms with Crippen LogP contribution in [0.2, 0.25) is 0 Å². The lowest BCUT2D eigenvalue weighted by molar-refractivity contribution is 0.765. The molecule has 3 heteroatoms. The summed E-state index contributed by atoms with van der Waals surface area (Å²) in [6, 6.07) is 0. The highest BCUT2D eigenvalue weighted by Gasteiger charge is 1.95. The van der Waals surface area contributed by atoms with Gasteiger partial charge in [0.25, 0.3) is 0 Å². The van der Waals surface area contributed by atoms with Crippen molar-refractivity contribution >= 4 is 12.1 Å². The van der Waals surface area contributed by atoms with Crippen molar-refractivity contribution in [3.63, 3.8) is 0 Å². The summed E-state index contributed by atoms with van der Waals surface area (Å²) >= 11 is 0. The smallest absolute Gasteiger partial charge is 0.147 e. The van der Waals surface area contributed by atoms with Gasteiger partial charge in [-0.25, -0.2) is 0 Å². The monoisotopic (exact) mass is 151 g/mol. The van der Waals surface area contributed by atoms with Crippen LogP contribution in [0.3, 0.4) is 0 Å². The maximum Gasteiger partial charge on any atom is 0.147 e. The van der Waals surface area contributed by atoms with Crippen LogP contribution in [0.25, 0.3) is 0 Å². The number of hydrogen-bond acceptors (Lipinski definition) is 2. The summed E-state index contributed by atoms with van der Waals surface area (Å²) < 4.78 is 0. The summed E-state index contributed by atoms with van der Waals surface area (Å²) in [4.78, 5) is 5.29. The molecular weight excluding hydrogens is 138 g/mol. The predicted molar refractivity (Wildman–Crippen MR) is 49.0 cm³/mol. The average Bonchev–Trinajstić information content (AvgIpc) is 2.00.